The monoisotopic (exact) mass is 453 g/mol. The Bertz CT molecular complexity index is 1120. The molecule has 9 heteroatoms. The van der Waals surface area contributed by atoms with Gasteiger partial charge in [0.05, 0.1) is 23.6 Å². The number of ether oxygens (including phenoxy) is 1. The number of aryl methyl sites for hydroxylation is 1. The molecule has 0 saturated carbocycles. The van der Waals surface area contributed by atoms with Crippen molar-refractivity contribution in [3.8, 4) is 5.75 Å². The van der Waals surface area contributed by atoms with E-state index in [1.165, 1.54) is 30.2 Å². The molecular formula is C24H27N3O6. The van der Waals surface area contributed by atoms with E-state index < -0.39 is 22.7 Å². The Labute approximate surface area is 192 Å². The van der Waals surface area contributed by atoms with Crippen molar-refractivity contribution in [1.82, 2.24) is 9.80 Å². The third-order valence-corrected chi connectivity index (χ3v) is 5.63. The van der Waals surface area contributed by atoms with Gasteiger partial charge < -0.3 is 19.6 Å². The zero-order valence-corrected chi connectivity index (χ0v) is 19.1. The van der Waals surface area contributed by atoms with Gasteiger partial charge in [0.25, 0.3) is 17.4 Å². The number of benzene rings is 2. The van der Waals surface area contributed by atoms with Crippen LogP contribution in [0.3, 0.4) is 0 Å². The number of non-ortho nitro benzene ring substituents is 1. The number of hydrogen-bond acceptors (Lipinski definition) is 7. The average molecular weight is 453 g/mol. The summed E-state index contributed by atoms with van der Waals surface area (Å²) in [7, 11) is 5.33. The Kier molecular flexibility index (Phi) is 7.13. The predicted octanol–water partition coefficient (Wildman–Crippen LogP) is 3.29. The minimum absolute atomic E-state index is 0.0846. The van der Waals surface area contributed by atoms with Gasteiger partial charge in [0.2, 0.25) is 0 Å². The van der Waals surface area contributed by atoms with E-state index in [0.29, 0.717) is 35.4 Å². The van der Waals surface area contributed by atoms with Crippen LogP contribution in [0.1, 0.15) is 29.2 Å². The SMILES string of the molecule is COc1ccc(C(O)=C2C(=O)C(=O)N(CCCN(C)C)[C@H]2c2cccc([N+](=O)[O-])c2)c(C)c1. The van der Waals surface area contributed by atoms with E-state index in [2.05, 4.69) is 0 Å². The van der Waals surface area contributed by atoms with Crippen LogP contribution >= 0.6 is 0 Å². The summed E-state index contributed by atoms with van der Waals surface area (Å²) in [6, 6.07) is 9.85. The second-order valence-corrected chi connectivity index (χ2v) is 8.18. The number of rotatable bonds is 8. The first-order chi connectivity index (χ1) is 15.6. The number of aliphatic hydroxyl groups is 1. The number of likely N-dealkylation sites (tertiary alicyclic amines) is 1. The lowest BCUT2D eigenvalue weighted by Crippen LogP contribution is -2.32. The Morgan fingerprint density at radius 2 is 1.94 bits per heavy atom. The molecule has 1 N–H and O–H groups in total. The molecule has 1 aliphatic heterocycles. The number of methoxy groups -OCH3 is 1. The molecule has 0 spiro atoms. The molecule has 0 radical (unpaired) electrons. The topological polar surface area (TPSA) is 113 Å². The lowest BCUT2D eigenvalue weighted by molar-refractivity contribution is -0.384. The van der Waals surface area contributed by atoms with Gasteiger partial charge in [0.15, 0.2) is 0 Å². The van der Waals surface area contributed by atoms with E-state index in [-0.39, 0.29) is 23.6 Å². The molecule has 1 fully saturated rings. The second-order valence-electron chi connectivity index (χ2n) is 8.18. The van der Waals surface area contributed by atoms with Gasteiger partial charge in [-0.25, -0.2) is 0 Å². The number of ketones is 1. The highest BCUT2D eigenvalue weighted by Gasteiger charge is 2.46. The van der Waals surface area contributed by atoms with Gasteiger partial charge in [-0.05, 0) is 63.3 Å². The second kappa shape index (κ2) is 9.83. The fourth-order valence-electron chi connectivity index (χ4n) is 4.00. The molecule has 1 atom stereocenters. The predicted molar refractivity (Wildman–Crippen MR) is 123 cm³/mol. The molecule has 0 bridgehead atoms. The van der Waals surface area contributed by atoms with E-state index in [1.807, 2.05) is 19.0 Å². The van der Waals surface area contributed by atoms with Gasteiger partial charge in [-0.2, -0.15) is 0 Å². The standard InChI is InChI=1S/C24H27N3O6/c1-15-13-18(33-4)9-10-19(15)22(28)20-21(16-7-5-8-17(14-16)27(31)32)26(24(30)23(20)29)12-6-11-25(2)3/h5,7-10,13-14,21,28H,6,11-12H2,1-4H3/t21-/m0/s1. The highest BCUT2D eigenvalue weighted by Crippen LogP contribution is 2.41. The molecule has 1 aliphatic rings. The Morgan fingerprint density at radius 1 is 1.21 bits per heavy atom. The van der Waals surface area contributed by atoms with Crippen molar-refractivity contribution in [3.63, 3.8) is 0 Å². The third kappa shape index (κ3) is 4.88. The van der Waals surface area contributed by atoms with Crippen LogP contribution in [-0.4, -0.2) is 65.8 Å². The van der Waals surface area contributed by atoms with Gasteiger partial charge in [0, 0.05) is 24.2 Å². The van der Waals surface area contributed by atoms with Crippen molar-refractivity contribution < 1.29 is 24.4 Å². The number of aliphatic hydroxyl groups excluding tert-OH is 1. The Hall–Kier alpha value is -3.72. The van der Waals surface area contributed by atoms with Crippen LogP contribution in [0.15, 0.2) is 48.0 Å². The average Bonchev–Trinajstić information content (AvgIpc) is 3.03. The molecule has 1 saturated heterocycles. The fraction of sp³-hybridized carbons (Fsp3) is 0.333. The molecule has 3 rings (SSSR count). The van der Waals surface area contributed by atoms with Gasteiger partial charge in [-0.15, -0.1) is 0 Å². The number of carbonyl (C=O) groups is 2. The maximum Gasteiger partial charge on any atom is 0.295 e. The summed E-state index contributed by atoms with van der Waals surface area (Å²) < 4.78 is 5.21. The Morgan fingerprint density at radius 3 is 2.55 bits per heavy atom. The van der Waals surface area contributed by atoms with Crippen LogP contribution in [0.2, 0.25) is 0 Å². The highest BCUT2D eigenvalue weighted by molar-refractivity contribution is 6.46. The molecule has 2 aromatic rings. The first-order valence-electron chi connectivity index (χ1n) is 10.5. The van der Waals surface area contributed by atoms with Crippen molar-refractivity contribution in [2.75, 3.05) is 34.3 Å². The first kappa shape index (κ1) is 23.9. The number of carbonyl (C=O) groups excluding carboxylic acids is 2. The maximum atomic E-state index is 13.1. The van der Waals surface area contributed by atoms with E-state index in [0.717, 1.165) is 0 Å². The lowest BCUT2D eigenvalue weighted by Gasteiger charge is -2.26. The largest absolute Gasteiger partial charge is 0.507 e. The maximum absolute atomic E-state index is 13.1. The zero-order chi connectivity index (χ0) is 24.3. The number of nitrogens with zero attached hydrogens (tertiary/aromatic N) is 3. The van der Waals surface area contributed by atoms with Crippen molar-refractivity contribution >= 4 is 23.1 Å². The molecule has 1 amide bonds. The van der Waals surface area contributed by atoms with E-state index >= 15 is 0 Å². The van der Waals surface area contributed by atoms with Gasteiger partial charge in [-0.3, -0.25) is 19.7 Å². The molecule has 174 valence electrons. The molecule has 0 aromatic heterocycles. The van der Waals surface area contributed by atoms with Gasteiger partial charge >= 0.3 is 0 Å². The molecule has 33 heavy (non-hydrogen) atoms. The molecule has 0 unspecified atom stereocenters. The molecule has 0 aliphatic carbocycles. The number of Topliss-reactive ketones (excluding diaryl/α,β-unsaturated/α-hetero) is 1. The summed E-state index contributed by atoms with van der Waals surface area (Å²) in [4.78, 5) is 40.2. The van der Waals surface area contributed by atoms with Crippen LogP contribution < -0.4 is 4.74 Å². The van der Waals surface area contributed by atoms with Crippen LogP contribution in [0, 0.1) is 17.0 Å². The summed E-state index contributed by atoms with van der Waals surface area (Å²) in [5.41, 5.74) is 1.19. The minimum atomic E-state index is -0.937. The number of nitro benzene ring substituents is 1. The van der Waals surface area contributed by atoms with Crippen LogP contribution in [0.4, 0.5) is 5.69 Å². The summed E-state index contributed by atoms with van der Waals surface area (Å²) in [6.45, 7) is 2.70. The van der Waals surface area contributed by atoms with Crippen molar-refractivity contribution in [2.24, 2.45) is 0 Å². The van der Waals surface area contributed by atoms with Crippen LogP contribution in [0.5, 0.6) is 5.75 Å². The van der Waals surface area contributed by atoms with Crippen molar-refractivity contribution in [3.05, 3.63) is 74.8 Å². The molecule has 9 nitrogen and oxygen atoms in total. The highest BCUT2D eigenvalue weighted by atomic mass is 16.6. The molecule has 1 heterocycles. The number of hydrogen-bond donors (Lipinski definition) is 1. The minimum Gasteiger partial charge on any atom is -0.507 e. The lowest BCUT2D eigenvalue weighted by atomic mass is 9.93. The fourth-order valence-corrected chi connectivity index (χ4v) is 4.00. The summed E-state index contributed by atoms with van der Waals surface area (Å²) in [5.74, 6) is -1.29. The summed E-state index contributed by atoms with van der Waals surface area (Å²) >= 11 is 0. The zero-order valence-electron chi connectivity index (χ0n) is 19.1. The Balaban J connectivity index is 2.16. The van der Waals surface area contributed by atoms with Crippen molar-refractivity contribution in [1.29, 1.82) is 0 Å². The quantitative estimate of drug-likeness (QED) is 0.215. The van der Waals surface area contributed by atoms with Crippen LogP contribution in [0.25, 0.3) is 5.76 Å². The summed E-state index contributed by atoms with van der Waals surface area (Å²) in [6.07, 6.45) is 0.590. The van der Waals surface area contributed by atoms with Gasteiger partial charge in [0.1, 0.15) is 11.5 Å². The smallest absolute Gasteiger partial charge is 0.295 e. The van der Waals surface area contributed by atoms with Crippen LogP contribution in [-0.2, 0) is 9.59 Å². The van der Waals surface area contributed by atoms with E-state index in [4.69, 9.17) is 4.74 Å². The number of nitro groups is 1. The van der Waals surface area contributed by atoms with E-state index in [1.54, 1.807) is 31.2 Å². The van der Waals surface area contributed by atoms with Crippen molar-refractivity contribution in [2.45, 2.75) is 19.4 Å². The van der Waals surface area contributed by atoms with E-state index in [9.17, 15) is 24.8 Å². The molecule has 2 aromatic carbocycles. The normalized spacial score (nSPS) is 17.6. The third-order valence-electron chi connectivity index (χ3n) is 5.63. The first-order valence-corrected chi connectivity index (χ1v) is 10.5. The van der Waals surface area contributed by atoms with Gasteiger partial charge in [-0.1, -0.05) is 12.1 Å². The summed E-state index contributed by atoms with van der Waals surface area (Å²) in [5, 5.41) is 22.5. The number of amides is 1. The molecular weight excluding hydrogens is 426 g/mol.